The number of para-hydroxylation sites is 1. The number of hydrogen-bond donors (Lipinski definition) is 0. The first-order valence-electron chi connectivity index (χ1n) is 9.98. The van der Waals surface area contributed by atoms with Crippen LogP contribution in [0.2, 0.25) is 0 Å². The third-order valence-corrected chi connectivity index (χ3v) is 5.65. The molecule has 0 spiro atoms. The number of rotatable bonds is 5. The Balaban J connectivity index is 1.38. The van der Waals surface area contributed by atoms with E-state index in [-0.39, 0.29) is 11.7 Å². The van der Waals surface area contributed by atoms with Gasteiger partial charge in [0.15, 0.2) is 5.78 Å². The summed E-state index contributed by atoms with van der Waals surface area (Å²) in [5.41, 5.74) is 0.786. The van der Waals surface area contributed by atoms with Crippen LogP contribution in [0.4, 0.5) is 0 Å². The highest BCUT2D eigenvalue weighted by molar-refractivity contribution is 5.98. The smallest absolute Gasteiger partial charge is 0.167 e. The molecule has 2 fully saturated rings. The molecule has 2 saturated heterocycles. The first-order chi connectivity index (χ1) is 13.3. The summed E-state index contributed by atoms with van der Waals surface area (Å²) in [6, 6.07) is 17.8. The quantitative estimate of drug-likeness (QED) is 0.729. The summed E-state index contributed by atoms with van der Waals surface area (Å²) in [7, 11) is 0. The highest BCUT2D eigenvalue weighted by Gasteiger charge is 2.31. The van der Waals surface area contributed by atoms with Crippen LogP contribution in [0, 0.1) is 5.92 Å². The lowest BCUT2D eigenvalue weighted by atomic mass is 9.88. The first-order valence-corrected chi connectivity index (χ1v) is 9.98. The highest BCUT2D eigenvalue weighted by Crippen LogP contribution is 2.27. The zero-order valence-corrected chi connectivity index (χ0v) is 15.7. The average molecular weight is 365 g/mol. The summed E-state index contributed by atoms with van der Waals surface area (Å²) in [6.45, 7) is 3.69. The van der Waals surface area contributed by atoms with E-state index in [0.717, 1.165) is 69.0 Å². The second-order valence-corrected chi connectivity index (χ2v) is 7.48. The largest absolute Gasteiger partial charge is 0.457 e. The molecule has 0 bridgehead atoms. The number of ether oxygens (including phenoxy) is 2. The van der Waals surface area contributed by atoms with E-state index in [0.29, 0.717) is 6.04 Å². The van der Waals surface area contributed by atoms with E-state index < -0.39 is 0 Å². The second kappa shape index (κ2) is 8.68. The van der Waals surface area contributed by atoms with Crippen molar-refractivity contribution >= 4 is 5.78 Å². The fourth-order valence-electron chi connectivity index (χ4n) is 4.15. The number of carbonyl (C=O) groups is 1. The topological polar surface area (TPSA) is 38.8 Å². The van der Waals surface area contributed by atoms with Gasteiger partial charge in [-0.15, -0.1) is 0 Å². The van der Waals surface area contributed by atoms with Gasteiger partial charge in [-0.05, 0) is 68.6 Å². The van der Waals surface area contributed by atoms with Crippen LogP contribution in [0.1, 0.15) is 36.0 Å². The molecule has 2 aromatic rings. The van der Waals surface area contributed by atoms with Crippen molar-refractivity contribution in [2.45, 2.75) is 31.7 Å². The number of nitrogens with zero attached hydrogens (tertiary/aromatic N) is 1. The monoisotopic (exact) mass is 365 g/mol. The maximum absolute atomic E-state index is 13.0. The Morgan fingerprint density at radius 3 is 2.37 bits per heavy atom. The van der Waals surface area contributed by atoms with E-state index in [1.165, 1.54) is 0 Å². The van der Waals surface area contributed by atoms with Crippen LogP contribution in [-0.4, -0.2) is 43.0 Å². The summed E-state index contributed by atoms with van der Waals surface area (Å²) in [5.74, 6) is 1.92. The van der Waals surface area contributed by atoms with E-state index in [1.54, 1.807) is 0 Å². The first kappa shape index (κ1) is 18.2. The van der Waals surface area contributed by atoms with Crippen LogP contribution in [0.25, 0.3) is 0 Å². The third-order valence-electron chi connectivity index (χ3n) is 5.65. The average Bonchev–Trinajstić information content (AvgIpc) is 2.75. The lowest BCUT2D eigenvalue weighted by Crippen LogP contribution is -2.46. The van der Waals surface area contributed by atoms with Gasteiger partial charge < -0.3 is 9.47 Å². The number of Topliss-reactive ketones (excluding diaryl/α,β-unsaturated/α-hetero) is 1. The molecule has 4 heteroatoms. The normalized spacial score (nSPS) is 21.7. The van der Waals surface area contributed by atoms with Gasteiger partial charge in [0.05, 0.1) is 0 Å². The van der Waals surface area contributed by atoms with Crippen LogP contribution < -0.4 is 4.74 Å². The van der Waals surface area contributed by atoms with Gasteiger partial charge >= 0.3 is 0 Å². The van der Waals surface area contributed by atoms with Crippen LogP contribution in [0.3, 0.4) is 0 Å². The molecule has 142 valence electrons. The number of hydrogen-bond acceptors (Lipinski definition) is 4. The van der Waals surface area contributed by atoms with Crippen LogP contribution in [-0.2, 0) is 4.74 Å². The van der Waals surface area contributed by atoms with E-state index in [9.17, 15) is 4.79 Å². The Kier molecular flexibility index (Phi) is 5.85. The molecule has 2 aliphatic heterocycles. The van der Waals surface area contributed by atoms with E-state index in [4.69, 9.17) is 9.47 Å². The summed E-state index contributed by atoms with van der Waals surface area (Å²) in [6.07, 6.45) is 4.27. The fraction of sp³-hybridized carbons (Fsp3) is 0.435. The van der Waals surface area contributed by atoms with Crippen molar-refractivity contribution in [3.05, 3.63) is 60.2 Å². The minimum atomic E-state index is 0.0995. The molecule has 4 nitrogen and oxygen atoms in total. The second-order valence-electron chi connectivity index (χ2n) is 7.48. The zero-order chi connectivity index (χ0) is 18.5. The lowest BCUT2D eigenvalue weighted by Gasteiger charge is -2.39. The summed E-state index contributed by atoms with van der Waals surface area (Å²) in [4.78, 5) is 15.5. The molecule has 1 atom stereocenters. The van der Waals surface area contributed by atoms with Crippen LogP contribution in [0.5, 0.6) is 11.5 Å². The van der Waals surface area contributed by atoms with Crippen LogP contribution in [0.15, 0.2) is 54.6 Å². The maximum atomic E-state index is 13.0. The van der Waals surface area contributed by atoms with Gasteiger partial charge in [0.2, 0.25) is 0 Å². The molecule has 2 aromatic carbocycles. The Morgan fingerprint density at radius 2 is 1.63 bits per heavy atom. The van der Waals surface area contributed by atoms with Gasteiger partial charge in [0.25, 0.3) is 0 Å². The molecule has 2 heterocycles. The molecular formula is C23H27NO3. The SMILES string of the molecule is O=C(c1ccc(Oc2ccccc2)cc1)[C@@H]1CCCN(C2CCOCC2)C1. The Hall–Kier alpha value is -2.17. The molecular weight excluding hydrogens is 338 g/mol. The van der Waals surface area contributed by atoms with Crippen molar-refractivity contribution in [3.8, 4) is 11.5 Å². The molecule has 0 aliphatic carbocycles. The minimum Gasteiger partial charge on any atom is -0.457 e. The molecule has 0 amide bonds. The van der Waals surface area contributed by atoms with Crippen molar-refractivity contribution < 1.29 is 14.3 Å². The van der Waals surface area contributed by atoms with Crippen molar-refractivity contribution in [2.75, 3.05) is 26.3 Å². The Labute approximate surface area is 161 Å². The Bertz CT molecular complexity index is 738. The summed E-state index contributed by atoms with van der Waals surface area (Å²) < 4.78 is 11.3. The predicted octanol–water partition coefficient (Wildman–Crippen LogP) is 4.55. The molecule has 4 rings (SSSR count). The molecule has 2 aliphatic rings. The van der Waals surface area contributed by atoms with E-state index in [2.05, 4.69) is 4.90 Å². The summed E-state index contributed by atoms with van der Waals surface area (Å²) >= 11 is 0. The van der Waals surface area contributed by atoms with Gasteiger partial charge in [0, 0.05) is 37.3 Å². The summed E-state index contributed by atoms with van der Waals surface area (Å²) in [5, 5.41) is 0. The molecule has 0 aromatic heterocycles. The number of benzene rings is 2. The number of likely N-dealkylation sites (tertiary alicyclic amines) is 1. The number of carbonyl (C=O) groups excluding carboxylic acids is 1. The molecule has 27 heavy (non-hydrogen) atoms. The van der Waals surface area contributed by atoms with Crippen molar-refractivity contribution in [3.63, 3.8) is 0 Å². The van der Waals surface area contributed by atoms with Crippen molar-refractivity contribution in [1.82, 2.24) is 4.90 Å². The maximum Gasteiger partial charge on any atom is 0.167 e. The number of ketones is 1. The molecule has 0 unspecified atom stereocenters. The van der Waals surface area contributed by atoms with E-state index in [1.807, 2.05) is 54.6 Å². The zero-order valence-electron chi connectivity index (χ0n) is 15.7. The lowest BCUT2D eigenvalue weighted by molar-refractivity contribution is 0.0183. The van der Waals surface area contributed by atoms with Crippen molar-refractivity contribution in [2.24, 2.45) is 5.92 Å². The van der Waals surface area contributed by atoms with E-state index >= 15 is 0 Å². The molecule has 0 saturated carbocycles. The highest BCUT2D eigenvalue weighted by atomic mass is 16.5. The minimum absolute atomic E-state index is 0.0995. The van der Waals surface area contributed by atoms with Gasteiger partial charge in [-0.25, -0.2) is 0 Å². The Morgan fingerprint density at radius 1 is 0.926 bits per heavy atom. The predicted molar refractivity (Wildman–Crippen MR) is 105 cm³/mol. The van der Waals surface area contributed by atoms with Gasteiger partial charge in [-0.1, -0.05) is 18.2 Å². The number of piperidine rings is 1. The van der Waals surface area contributed by atoms with Gasteiger partial charge in [-0.2, -0.15) is 0 Å². The van der Waals surface area contributed by atoms with Crippen LogP contribution >= 0.6 is 0 Å². The molecule has 0 N–H and O–H groups in total. The van der Waals surface area contributed by atoms with Gasteiger partial charge in [-0.3, -0.25) is 9.69 Å². The van der Waals surface area contributed by atoms with Crippen molar-refractivity contribution in [1.29, 1.82) is 0 Å². The third kappa shape index (κ3) is 4.57. The fourth-order valence-corrected chi connectivity index (χ4v) is 4.15. The van der Waals surface area contributed by atoms with Gasteiger partial charge in [0.1, 0.15) is 11.5 Å². The standard InChI is InChI=1S/C23H27NO3/c25-23(19-5-4-14-24(17-19)20-12-15-26-16-13-20)18-8-10-22(11-9-18)27-21-6-2-1-3-7-21/h1-3,6-11,19-20H,4-5,12-17H2/t19-/m1/s1. The molecule has 0 radical (unpaired) electrons.